The third-order valence-electron chi connectivity index (χ3n) is 3.10. The van der Waals surface area contributed by atoms with Crippen LogP contribution in [-0.4, -0.2) is 25.5 Å². The van der Waals surface area contributed by atoms with E-state index in [9.17, 15) is 13.2 Å². The van der Waals surface area contributed by atoms with Crippen molar-refractivity contribution in [3.05, 3.63) is 22.7 Å². The van der Waals surface area contributed by atoms with Gasteiger partial charge in [0.2, 0.25) is 0 Å². The van der Waals surface area contributed by atoms with Gasteiger partial charge in [0.15, 0.2) is 0 Å². The molecule has 112 valence electrons. The molecule has 1 aliphatic heterocycles. The first-order valence-electron chi connectivity index (χ1n) is 6.46. The summed E-state index contributed by atoms with van der Waals surface area (Å²) in [6.07, 6.45) is -1.54. The summed E-state index contributed by atoms with van der Waals surface area (Å²) in [5.41, 5.74) is 0.790. The molecule has 0 saturated carbocycles. The minimum atomic E-state index is -4.68. The zero-order chi connectivity index (χ0) is 14.6. The lowest BCUT2D eigenvalue weighted by atomic mass is 10.1. The van der Waals surface area contributed by atoms with E-state index >= 15 is 0 Å². The highest BCUT2D eigenvalue weighted by molar-refractivity contribution is 9.10. The van der Waals surface area contributed by atoms with Gasteiger partial charge in [-0.2, -0.15) is 0 Å². The predicted octanol–water partition coefficient (Wildman–Crippen LogP) is 3.90. The average Bonchev–Trinajstić information content (AvgIpc) is 2.60. The zero-order valence-electron chi connectivity index (χ0n) is 10.8. The fraction of sp³-hybridized carbons (Fsp3) is 0.538. The molecule has 1 aromatic rings. The molecule has 1 aliphatic rings. The summed E-state index contributed by atoms with van der Waals surface area (Å²) in [4.78, 5) is 0. The smallest absolute Gasteiger partial charge is 0.405 e. The van der Waals surface area contributed by atoms with E-state index in [0.29, 0.717) is 6.04 Å². The van der Waals surface area contributed by atoms with Gasteiger partial charge in [0.05, 0.1) is 4.47 Å². The van der Waals surface area contributed by atoms with E-state index in [1.54, 1.807) is 12.1 Å². The number of nitrogens with one attached hydrogen (secondary N) is 2. The molecule has 0 spiro atoms. The highest BCUT2D eigenvalue weighted by Gasteiger charge is 2.32. The van der Waals surface area contributed by atoms with Gasteiger partial charge in [0, 0.05) is 11.7 Å². The van der Waals surface area contributed by atoms with Crippen molar-refractivity contribution < 1.29 is 17.9 Å². The van der Waals surface area contributed by atoms with Crippen molar-refractivity contribution in [2.24, 2.45) is 0 Å². The van der Waals surface area contributed by atoms with Gasteiger partial charge >= 0.3 is 6.36 Å². The molecule has 20 heavy (non-hydrogen) atoms. The van der Waals surface area contributed by atoms with E-state index in [-0.39, 0.29) is 10.2 Å². The summed E-state index contributed by atoms with van der Waals surface area (Å²) in [5.74, 6) is -0.231. The van der Waals surface area contributed by atoms with Crippen LogP contribution in [0.4, 0.5) is 18.9 Å². The Balaban J connectivity index is 2.01. The molecule has 2 rings (SSSR count). The minimum absolute atomic E-state index is 0.231. The second kappa shape index (κ2) is 6.67. The highest BCUT2D eigenvalue weighted by atomic mass is 79.9. The normalized spacial score (nSPS) is 20.3. The van der Waals surface area contributed by atoms with Gasteiger partial charge in [0.25, 0.3) is 0 Å². The van der Waals surface area contributed by atoms with Crippen LogP contribution in [0.1, 0.15) is 19.3 Å². The molecule has 3 nitrogen and oxygen atoms in total. The third-order valence-corrected chi connectivity index (χ3v) is 3.72. The van der Waals surface area contributed by atoms with Crippen LogP contribution in [0.15, 0.2) is 22.7 Å². The maximum Gasteiger partial charge on any atom is 0.573 e. The maximum absolute atomic E-state index is 12.2. The number of benzene rings is 1. The van der Waals surface area contributed by atoms with Crippen LogP contribution >= 0.6 is 15.9 Å². The van der Waals surface area contributed by atoms with Gasteiger partial charge < -0.3 is 15.4 Å². The lowest BCUT2D eigenvalue weighted by Gasteiger charge is -2.18. The van der Waals surface area contributed by atoms with E-state index < -0.39 is 6.36 Å². The number of anilines is 1. The van der Waals surface area contributed by atoms with E-state index in [1.807, 2.05) is 0 Å². The van der Waals surface area contributed by atoms with Gasteiger partial charge in [-0.25, -0.2) is 0 Å². The predicted molar refractivity (Wildman–Crippen MR) is 75.0 cm³/mol. The summed E-state index contributed by atoms with van der Waals surface area (Å²) in [6.45, 7) is 1.97. The van der Waals surface area contributed by atoms with E-state index in [0.717, 1.165) is 38.0 Å². The summed E-state index contributed by atoms with van der Waals surface area (Å²) in [6, 6.07) is 4.87. The summed E-state index contributed by atoms with van der Waals surface area (Å²) in [5, 5.41) is 6.66. The molecule has 1 saturated heterocycles. The van der Waals surface area contributed by atoms with Crippen LogP contribution in [0.3, 0.4) is 0 Å². The van der Waals surface area contributed by atoms with Crippen molar-refractivity contribution in [2.75, 3.05) is 18.4 Å². The van der Waals surface area contributed by atoms with Gasteiger partial charge in [-0.1, -0.05) is 0 Å². The Morgan fingerprint density at radius 2 is 2.05 bits per heavy atom. The number of alkyl halides is 3. The largest absolute Gasteiger partial charge is 0.573 e. The fourth-order valence-electron chi connectivity index (χ4n) is 2.20. The Morgan fingerprint density at radius 1 is 1.25 bits per heavy atom. The third kappa shape index (κ3) is 4.86. The van der Waals surface area contributed by atoms with Gasteiger partial charge in [-0.15, -0.1) is 13.2 Å². The first kappa shape index (κ1) is 15.4. The number of hydrogen-bond acceptors (Lipinski definition) is 3. The maximum atomic E-state index is 12.2. The number of halogens is 4. The van der Waals surface area contributed by atoms with Crippen LogP contribution in [0.2, 0.25) is 0 Å². The Bertz CT molecular complexity index is 446. The Kier molecular flexibility index (Phi) is 5.15. The Morgan fingerprint density at radius 3 is 2.75 bits per heavy atom. The quantitative estimate of drug-likeness (QED) is 0.865. The monoisotopic (exact) mass is 352 g/mol. The summed E-state index contributed by atoms with van der Waals surface area (Å²) >= 11 is 3.10. The van der Waals surface area contributed by atoms with Gasteiger partial charge in [0.1, 0.15) is 5.75 Å². The number of ether oxygens (including phenoxy) is 1. The Hall–Kier alpha value is -0.950. The molecule has 1 aromatic carbocycles. The second-order valence-corrected chi connectivity index (χ2v) is 5.57. The lowest BCUT2D eigenvalue weighted by Crippen LogP contribution is -2.21. The molecule has 0 aliphatic carbocycles. The van der Waals surface area contributed by atoms with E-state index in [2.05, 4.69) is 31.3 Å². The highest BCUT2D eigenvalue weighted by Crippen LogP contribution is 2.32. The van der Waals surface area contributed by atoms with Crippen molar-refractivity contribution in [3.8, 4) is 5.75 Å². The second-order valence-electron chi connectivity index (χ2n) is 4.72. The average molecular weight is 353 g/mol. The molecule has 0 radical (unpaired) electrons. The molecule has 0 amide bonds. The van der Waals surface area contributed by atoms with E-state index in [4.69, 9.17) is 0 Å². The van der Waals surface area contributed by atoms with Crippen molar-refractivity contribution in [1.82, 2.24) is 5.32 Å². The summed E-state index contributed by atoms with van der Waals surface area (Å²) in [7, 11) is 0. The van der Waals surface area contributed by atoms with Crippen LogP contribution in [0.25, 0.3) is 0 Å². The van der Waals surface area contributed by atoms with Crippen molar-refractivity contribution in [1.29, 1.82) is 0 Å². The van der Waals surface area contributed by atoms with Crippen LogP contribution in [0.5, 0.6) is 5.75 Å². The van der Waals surface area contributed by atoms with Gasteiger partial charge in [-0.3, -0.25) is 0 Å². The van der Waals surface area contributed by atoms with Crippen LogP contribution < -0.4 is 15.4 Å². The zero-order valence-corrected chi connectivity index (χ0v) is 12.4. The first-order chi connectivity index (χ1) is 9.44. The molecule has 0 bridgehead atoms. The fourth-order valence-corrected chi connectivity index (χ4v) is 2.66. The molecule has 7 heteroatoms. The molecular weight excluding hydrogens is 337 g/mol. The van der Waals surface area contributed by atoms with Crippen LogP contribution in [-0.2, 0) is 0 Å². The molecule has 2 N–H and O–H groups in total. The summed E-state index contributed by atoms with van der Waals surface area (Å²) < 4.78 is 40.7. The van der Waals surface area contributed by atoms with Crippen molar-refractivity contribution in [3.63, 3.8) is 0 Å². The topological polar surface area (TPSA) is 33.3 Å². The van der Waals surface area contributed by atoms with Crippen molar-refractivity contribution >= 4 is 21.6 Å². The van der Waals surface area contributed by atoms with Gasteiger partial charge in [-0.05, 0) is 66.5 Å². The minimum Gasteiger partial charge on any atom is -0.405 e. The Labute approximate surface area is 124 Å². The SMILES string of the molecule is FC(F)(F)Oc1ccc(NC2CCCNCC2)cc1Br. The van der Waals surface area contributed by atoms with E-state index in [1.165, 1.54) is 6.07 Å². The molecule has 1 atom stereocenters. The first-order valence-corrected chi connectivity index (χ1v) is 7.26. The van der Waals surface area contributed by atoms with Crippen molar-refractivity contribution in [2.45, 2.75) is 31.7 Å². The molecular formula is C13H16BrF3N2O. The standard InChI is InChI=1S/C13H16BrF3N2O/c14-11-8-10(3-4-12(11)20-13(15,16)17)19-9-2-1-6-18-7-5-9/h3-4,8-9,18-19H,1-2,5-7H2. The molecule has 1 heterocycles. The molecule has 1 fully saturated rings. The van der Waals surface area contributed by atoms with Crippen LogP contribution in [0, 0.1) is 0 Å². The molecule has 0 aromatic heterocycles. The number of hydrogen-bond donors (Lipinski definition) is 2. The lowest BCUT2D eigenvalue weighted by molar-refractivity contribution is -0.274. The molecule has 1 unspecified atom stereocenters. The number of rotatable bonds is 3.